The highest BCUT2D eigenvalue weighted by Gasteiger charge is 2.17. The average molecular weight is 387 g/mol. The lowest BCUT2D eigenvalue weighted by Gasteiger charge is -2.16. The summed E-state index contributed by atoms with van der Waals surface area (Å²) in [6, 6.07) is 11.1. The van der Waals surface area contributed by atoms with E-state index >= 15 is 0 Å². The van der Waals surface area contributed by atoms with Crippen molar-refractivity contribution in [2.75, 3.05) is 27.4 Å². The summed E-state index contributed by atoms with van der Waals surface area (Å²) < 4.78 is 21.7. The summed E-state index contributed by atoms with van der Waals surface area (Å²) in [5.41, 5.74) is 9.66. The van der Waals surface area contributed by atoms with Crippen molar-refractivity contribution in [3.05, 3.63) is 47.5 Å². The fraction of sp³-hybridized carbons (Fsp3) is 0.409. The number of benzene rings is 2. The monoisotopic (exact) mass is 387 g/mol. The molecule has 0 aliphatic heterocycles. The van der Waals surface area contributed by atoms with Crippen LogP contribution in [0.2, 0.25) is 0 Å². The zero-order chi connectivity index (χ0) is 20.5. The smallest absolute Gasteiger partial charge is 0.323 e. The van der Waals surface area contributed by atoms with E-state index in [-0.39, 0.29) is 5.97 Å². The van der Waals surface area contributed by atoms with Gasteiger partial charge in [-0.15, -0.1) is 0 Å². The molecule has 28 heavy (non-hydrogen) atoms. The molecule has 0 saturated heterocycles. The second-order valence-corrected chi connectivity index (χ2v) is 6.27. The van der Waals surface area contributed by atoms with Crippen molar-refractivity contribution in [2.24, 2.45) is 5.73 Å². The van der Waals surface area contributed by atoms with E-state index in [1.54, 1.807) is 21.1 Å². The molecule has 0 spiro atoms. The molecule has 0 fully saturated rings. The van der Waals surface area contributed by atoms with Gasteiger partial charge in [0.25, 0.3) is 0 Å². The quantitative estimate of drug-likeness (QED) is 0.630. The summed E-state index contributed by atoms with van der Waals surface area (Å²) in [6.07, 6.45) is 0.417. The zero-order valence-corrected chi connectivity index (χ0v) is 17.0. The topological polar surface area (TPSA) is 80.0 Å². The van der Waals surface area contributed by atoms with E-state index in [4.69, 9.17) is 24.7 Å². The standard InChI is InChI=1S/C22H29NO5/c1-5-27-14-16-12-19(25-3)21(20(13-16)26-4)17-9-7-15(8-10-17)11-18(23)22(24)28-6-2/h7-10,12-13,18H,5-6,11,14,23H2,1-4H3/t18-/m0/s1. The number of rotatable bonds is 10. The molecule has 0 unspecified atom stereocenters. The van der Waals surface area contributed by atoms with Gasteiger partial charge in [-0.2, -0.15) is 0 Å². The molecule has 0 aliphatic carbocycles. The van der Waals surface area contributed by atoms with E-state index in [1.165, 1.54) is 0 Å². The maximum absolute atomic E-state index is 11.7. The van der Waals surface area contributed by atoms with Gasteiger partial charge in [-0.1, -0.05) is 24.3 Å². The lowest BCUT2D eigenvalue weighted by Crippen LogP contribution is -2.34. The SMILES string of the molecule is CCOCc1cc(OC)c(-c2ccc(C[C@H](N)C(=O)OCC)cc2)c(OC)c1. The molecule has 0 saturated carbocycles. The molecule has 2 aromatic rings. The number of carbonyl (C=O) groups is 1. The van der Waals surface area contributed by atoms with Crippen molar-refractivity contribution >= 4 is 5.97 Å². The van der Waals surface area contributed by atoms with Gasteiger partial charge >= 0.3 is 5.97 Å². The highest BCUT2D eigenvalue weighted by molar-refractivity contribution is 5.78. The van der Waals surface area contributed by atoms with Gasteiger partial charge in [-0.05, 0) is 49.1 Å². The van der Waals surface area contributed by atoms with E-state index in [2.05, 4.69) is 0 Å². The third-order valence-electron chi connectivity index (χ3n) is 4.33. The Balaban J connectivity index is 2.28. The van der Waals surface area contributed by atoms with Crippen molar-refractivity contribution < 1.29 is 23.7 Å². The fourth-order valence-electron chi connectivity index (χ4n) is 2.95. The van der Waals surface area contributed by atoms with Gasteiger partial charge < -0.3 is 24.7 Å². The van der Waals surface area contributed by atoms with Crippen molar-refractivity contribution in [3.8, 4) is 22.6 Å². The van der Waals surface area contributed by atoms with Gasteiger partial charge in [0.2, 0.25) is 0 Å². The summed E-state index contributed by atoms with van der Waals surface area (Å²) in [4.78, 5) is 11.7. The first-order valence-corrected chi connectivity index (χ1v) is 9.38. The normalized spacial score (nSPS) is 11.8. The molecule has 0 aliphatic rings. The first-order valence-electron chi connectivity index (χ1n) is 9.38. The van der Waals surface area contributed by atoms with Gasteiger partial charge in [-0.25, -0.2) is 0 Å². The minimum atomic E-state index is -0.673. The molecular formula is C22H29NO5. The van der Waals surface area contributed by atoms with Crippen LogP contribution in [0, 0.1) is 0 Å². The molecule has 0 amide bonds. The molecular weight excluding hydrogens is 358 g/mol. The molecule has 0 heterocycles. The number of carbonyl (C=O) groups excluding carboxylic acids is 1. The van der Waals surface area contributed by atoms with Gasteiger partial charge in [0.1, 0.15) is 17.5 Å². The Hall–Kier alpha value is -2.57. The molecule has 0 radical (unpaired) electrons. The van der Waals surface area contributed by atoms with Crippen molar-refractivity contribution in [3.63, 3.8) is 0 Å². The lowest BCUT2D eigenvalue weighted by atomic mass is 9.98. The summed E-state index contributed by atoms with van der Waals surface area (Å²) in [7, 11) is 3.27. The second kappa shape index (κ2) is 10.7. The van der Waals surface area contributed by atoms with Crippen molar-refractivity contribution in [1.82, 2.24) is 0 Å². The van der Waals surface area contributed by atoms with E-state index in [0.29, 0.717) is 37.7 Å². The Morgan fingerprint density at radius 1 is 0.964 bits per heavy atom. The van der Waals surface area contributed by atoms with Crippen LogP contribution in [0.25, 0.3) is 11.1 Å². The van der Waals surface area contributed by atoms with Gasteiger partial charge in [0.05, 0.1) is 33.0 Å². The summed E-state index contributed by atoms with van der Waals surface area (Å²) in [5.74, 6) is 1.04. The van der Waals surface area contributed by atoms with Crippen LogP contribution in [-0.4, -0.2) is 39.4 Å². The third kappa shape index (κ3) is 5.47. The molecule has 0 bridgehead atoms. The second-order valence-electron chi connectivity index (χ2n) is 6.27. The number of esters is 1. The fourth-order valence-corrected chi connectivity index (χ4v) is 2.95. The molecule has 6 heteroatoms. The minimum absolute atomic E-state index is 0.324. The maximum Gasteiger partial charge on any atom is 0.323 e. The highest BCUT2D eigenvalue weighted by Crippen LogP contribution is 2.39. The number of methoxy groups -OCH3 is 2. The summed E-state index contributed by atoms with van der Waals surface area (Å²) in [5, 5.41) is 0. The predicted octanol–water partition coefficient (Wildman–Crippen LogP) is 3.34. The molecule has 6 nitrogen and oxygen atoms in total. The predicted molar refractivity (Wildman–Crippen MR) is 109 cm³/mol. The Kier molecular flexibility index (Phi) is 8.29. The maximum atomic E-state index is 11.7. The molecule has 2 aromatic carbocycles. The van der Waals surface area contributed by atoms with Gasteiger partial charge in [0.15, 0.2) is 0 Å². The van der Waals surface area contributed by atoms with Crippen molar-refractivity contribution in [2.45, 2.75) is 32.9 Å². The number of nitrogens with two attached hydrogens (primary N) is 1. The molecule has 1 atom stereocenters. The molecule has 0 aromatic heterocycles. The van der Waals surface area contributed by atoms with Crippen LogP contribution in [0.5, 0.6) is 11.5 Å². The van der Waals surface area contributed by atoms with Gasteiger partial charge in [0, 0.05) is 6.61 Å². The Morgan fingerprint density at radius 2 is 1.57 bits per heavy atom. The number of hydrogen-bond donors (Lipinski definition) is 1. The van der Waals surface area contributed by atoms with Crippen LogP contribution in [0.3, 0.4) is 0 Å². The average Bonchev–Trinajstić information content (AvgIpc) is 2.72. The Morgan fingerprint density at radius 3 is 2.07 bits per heavy atom. The van der Waals surface area contributed by atoms with Crippen LogP contribution in [0.4, 0.5) is 0 Å². The minimum Gasteiger partial charge on any atom is -0.496 e. The number of hydrogen-bond acceptors (Lipinski definition) is 6. The van der Waals surface area contributed by atoms with Crippen molar-refractivity contribution in [1.29, 1.82) is 0 Å². The van der Waals surface area contributed by atoms with Crippen LogP contribution < -0.4 is 15.2 Å². The van der Waals surface area contributed by atoms with Crippen LogP contribution in [-0.2, 0) is 27.3 Å². The first kappa shape index (κ1) is 21.7. The van der Waals surface area contributed by atoms with Gasteiger partial charge in [-0.3, -0.25) is 4.79 Å². The highest BCUT2D eigenvalue weighted by atomic mass is 16.5. The lowest BCUT2D eigenvalue weighted by molar-refractivity contribution is -0.144. The first-order chi connectivity index (χ1) is 13.5. The largest absolute Gasteiger partial charge is 0.496 e. The Bertz CT molecular complexity index is 748. The van der Waals surface area contributed by atoms with E-state index < -0.39 is 6.04 Å². The molecule has 152 valence electrons. The summed E-state index contributed by atoms with van der Waals surface area (Å²) in [6.45, 7) is 5.18. The summed E-state index contributed by atoms with van der Waals surface area (Å²) >= 11 is 0. The third-order valence-corrected chi connectivity index (χ3v) is 4.33. The molecule has 2 rings (SSSR count). The van der Waals surface area contributed by atoms with E-state index in [1.807, 2.05) is 43.3 Å². The van der Waals surface area contributed by atoms with Crippen LogP contribution in [0.1, 0.15) is 25.0 Å². The molecule has 2 N–H and O–H groups in total. The van der Waals surface area contributed by atoms with E-state index in [9.17, 15) is 4.79 Å². The van der Waals surface area contributed by atoms with Crippen LogP contribution in [0.15, 0.2) is 36.4 Å². The van der Waals surface area contributed by atoms with E-state index in [0.717, 1.165) is 22.3 Å². The Labute approximate surface area is 166 Å². The van der Waals surface area contributed by atoms with Crippen LogP contribution >= 0.6 is 0 Å². The zero-order valence-electron chi connectivity index (χ0n) is 17.0. The number of ether oxygens (including phenoxy) is 4.